The molecule has 0 radical (unpaired) electrons. The smallest absolute Gasteiger partial charge is 0.319 e. The van der Waals surface area contributed by atoms with Crippen LogP contribution in [-0.2, 0) is 14.3 Å². The maximum absolute atomic E-state index is 10.9. The first kappa shape index (κ1) is 9.48. The maximum atomic E-state index is 10.9. The Bertz CT molecular complexity index is 160. The van der Waals surface area contributed by atoms with Gasteiger partial charge >= 0.3 is 5.97 Å². The van der Waals surface area contributed by atoms with Crippen LogP contribution in [0.15, 0.2) is 0 Å². The van der Waals surface area contributed by atoms with Crippen LogP contribution in [0.5, 0.6) is 0 Å². The standard InChI is InChI=1S/C8H15NO3/c1-11-7-3-4-9(5-7)6-8(10)12-2/h7H,3-6H2,1-2H3. The Morgan fingerprint density at radius 1 is 1.58 bits per heavy atom. The molecule has 12 heavy (non-hydrogen) atoms. The summed E-state index contributed by atoms with van der Waals surface area (Å²) in [6.07, 6.45) is 1.29. The number of esters is 1. The van der Waals surface area contributed by atoms with Gasteiger partial charge in [-0.3, -0.25) is 9.69 Å². The van der Waals surface area contributed by atoms with Gasteiger partial charge in [0.1, 0.15) is 0 Å². The summed E-state index contributed by atoms with van der Waals surface area (Å²) < 4.78 is 9.72. The average molecular weight is 173 g/mol. The molecule has 0 aromatic heterocycles. The number of ether oxygens (including phenoxy) is 2. The molecule has 1 aliphatic rings. The Morgan fingerprint density at radius 3 is 2.83 bits per heavy atom. The highest BCUT2D eigenvalue weighted by Crippen LogP contribution is 2.10. The van der Waals surface area contributed by atoms with E-state index in [1.807, 2.05) is 4.90 Å². The van der Waals surface area contributed by atoms with Crippen molar-refractivity contribution in [3.8, 4) is 0 Å². The number of likely N-dealkylation sites (tertiary alicyclic amines) is 1. The zero-order valence-electron chi connectivity index (χ0n) is 7.58. The summed E-state index contributed by atoms with van der Waals surface area (Å²) in [5.41, 5.74) is 0. The number of hydrogen-bond acceptors (Lipinski definition) is 4. The number of nitrogens with zero attached hydrogens (tertiary/aromatic N) is 1. The van der Waals surface area contributed by atoms with Crippen LogP contribution in [0.3, 0.4) is 0 Å². The Labute approximate surface area is 72.4 Å². The van der Waals surface area contributed by atoms with E-state index in [9.17, 15) is 4.79 Å². The second-order valence-corrected chi connectivity index (χ2v) is 2.96. The van der Waals surface area contributed by atoms with E-state index in [0.717, 1.165) is 19.5 Å². The monoisotopic (exact) mass is 173 g/mol. The molecule has 70 valence electrons. The van der Waals surface area contributed by atoms with E-state index in [0.29, 0.717) is 6.54 Å². The molecular weight excluding hydrogens is 158 g/mol. The second kappa shape index (κ2) is 4.42. The van der Waals surface area contributed by atoms with E-state index in [1.165, 1.54) is 7.11 Å². The summed E-state index contributed by atoms with van der Waals surface area (Å²) in [6.45, 7) is 2.15. The minimum absolute atomic E-state index is 0.174. The topological polar surface area (TPSA) is 38.8 Å². The molecule has 0 spiro atoms. The van der Waals surface area contributed by atoms with E-state index < -0.39 is 0 Å². The van der Waals surface area contributed by atoms with Gasteiger partial charge in [0.25, 0.3) is 0 Å². The highest BCUT2D eigenvalue weighted by Gasteiger charge is 2.23. The second-order valence-electron chi connectivity index (χ2n) is 2.96. The van der Waals surface area contributed by atoms with Gasteiger partial charge in [0.2, 0.25) is 0 Å². The normalized spacial score (nSPS) is 24.3. The van der Waals surface area contributed by atoms with E-state index >= 15 is 0 Å². The summed E-state index contributed by atoms with van der Waals surface area (Å²) >= 11 is 0. The molecule has 1 rings (SSSR count). The highest BCUT2D eigenvalue weighted by atomic mass is 16.5. The van der Waals surface area contributed by atoms with Crippen LogP contribution < -0.4 is 0 Å². The van der Waals surface area contributed by atoms with E-state index in [2.05, 4.69) is 4.74 Å². The Hall–Kier alpha value is -0.610. The molecule has 0 saturated carbocycles. The lowest BCUT2D eigenvalue weighted by molar-refractivity contribution is -0.141. The SMILES string of the molecule is COC(=O)CN1CCC(OC)C1. The van der Waals surface area contributed by atoms with Gasteiger partial charge in [-0.25, -0.2) is 0 Å². The van der Waals surface area contributed by atoms with Crippen LogP contribution in [0.25, 0.3) is 0 Å². The first-order valence-corrected chi connectivity index (χ1v) is 4.08. The Morgan fingerprint density at radius 2 is 2.33 bits per heavy atom. The Balaban J connectivity index is 2.23. The lowest BCUT2D eigenvalue weighted by Gasteiger charge is -2.13. The van der Waals surface area contributed by atoms with Crippen LogP contribution >= 0.6 is 0 Å². The van der Waals surface area contributed by atoms with E-state index in [1.54, 1.807) is 7.11 Å². The van der Waals surface area contributed by atoms with Crippen LogP contribution in [0.2, 0.25) is 0 Å². The van der Waals surface area contributed by atoms with Gasteiger partial charge in [0.05, 0.1) is 19.8 Å². The van der Waals surface area contributed by atoms with Crippen molar-refractivity contribution in [1.29, 1.82) is 0 Å². The van der Waals surface area contributed by atoms with Gasteiger partial charge in [-0.15, -0.1) is 0 Å². The van der Waals surface area contributed by atoms with Crippen LogP contribution in [0.4, 0.5) is 0 Å². The number of hydrogen-bond donors (Lipinski definition) is 0. The Kier molecular flexibility index (Phi) is 3.49. The van der Waals surface area contributed by atoms with Crippen molar-refractivity contribution < 1.29 is 14.3 Å². The fraction of sp³-hybridized carbons (Fsp3) is 0.875. The predicted molar refractivity (Wildman–Crippen MR) is 43.9 cm³/mol. The van der Waals surface area contributed by atoms with Crippen LogP contribution in [0.1, 0.15) is 6.42 Å². The third-order valence-corrected chi connectivity index (χ3v) is 2.14. The van der Waals surface area contributed by atoms with Crippen molar-refractivity contribution in [2.75, 3.05) is 33.9 Å². The van der Waals surface area contributed by atoms with Crippen molar-refractivity contribution in [2.24, 2.45) is 0 Å². The van der Waals surface area contributed by atoms with Crippen molar-refractivity contribution >= 4 is 5.97 Å². The van der Waals surface area contributed by atoms with Gasteiger partial charge in [0, 0.05) is 20.2 Å². The lowest BCUT2D eigenvalue weighted by atomic mass is 10.3. The zero-order valence-corrected chi connectivity index (χ0v) is 7.58. The summed E-state index contributed by atoms with van der Waals surface area (Å²) in [5.74, 6) is -0.174. The van der Waals surface area contributed by atoms with Crippen molar-refractivity contribution in [3.63, 3.8) is 0 Å². The van der Waals surface area contributed by atoms with Gasteiger partial charge < -0.3 is 9.47 Å². The lowest BCUT2D eigenvalue weighted by Crippen LogP contribution is -2.29. The van der Waals surface area contributed by atoms with Gasteiger partial charge in [0.15, 0.2) is 0 Å². The molecule has 0 aromatic rings. The largest absolute Gasteiger partial charge is 0.468 e. The first-order chi connectivity index (χ1) is 5.76. The van der Waals surface area contributed by atoms with E-state index in [-0.39, 0.29) is 12.1 Å². The first-order valence-electron chi connectivity index (χ1n) is 4.08. The number of rotatable bonds is 3. The maximum Gasteiger partial charge on any atom is 0.319 e. The molecule has 4 heteroatoms. The minimum Gasteiger partial charge on any atom is -0.468 e. The molecular formula is C8H15NO3. The quantitative estimate of drug-likeness (QED) is 0.558. The molecule has 1 heterocycles. The molecule has 1 aliphatic heterocycles. The third-order valence-electron chi connectivity index (χ3n) is 2.14. The molecule has 4 nitrogen and oxygen atoms in total. The molecule has 0 aromatic carbocycles. The predicted octanol–water partition coefficient (Wildman–Crippen LogP) is -0.120. The van der Waals surface area contributed by atoms with E-state index in [4.69, 9.17) is 4.74 Å². The number of carbonyl (C=O) groups is 1. The number of methoxy groups -OCH3 is 2. The molecule has 1 fully saturated rings. The van der Waals surface area contributed by atoms with Gasteiger partial charge in [-0.05, 0) is 6.42 Å². The summed E-state index contributed by atoms with van der Waals surface area (Å²) in [4.78, 5) is 12.9. The molecule has 0 N–H and O–H groups in total. The molecule has 0 amide bonds. The fourth-order valence-electron chi connectivity index (χ4n) is 1.38. The fourth-order valence-corrected chi connectivity index (χ4v) is 1.38. The molecule has 1 saturated heterocycles. The number of carbonyl (C=O) groups excluding carboxylic acids is 1. The summed E-state index contributed by atoms with van der Waals surface area (Å²) in [5, 5.41) is 0. The molecule has 1 unspecified atom stereocenters. The molecule has 1 atom stereocenters. The van der Waals surface area contributed by atoms with Gasteiger partial charge in [-0.1, -0.05) is 0 Å². The zero-order chi connectivity index (χ0) is 8.97. The average Bonchev–Trinajstić information content (AvgIpc) is 2.52. The summed E-state index contributed by atoms with van der Waals surface area (Å²) in [6, 6.07) is 0. The van der Waals surface area contributed by atoms with Crippen molar-refractivity contribution in [2.45, 2.75) is 12.5 Å². The highest BCUT2D eigenvalue weighted by molar-refractivity contribution is 5.71. The summed E-state index contributed by atoms with van der Waals surface area (Å²) in [7, 11) is 3.11. The van der Waals surface area contributed by atoms with Crippen LogP contribution in [0, 0.1) is 0 Å². The van der Waals surface area contributed by atoms with Crippen molar-refractivity contribution in [1.82, 2.24) is 4.90 Å². The van der Waals surface area contributed by atoms with Crippen molar-refractivity contribution in [3.05, 3.63) is 0 Å². The van der Waals surface area contributed by atoms with Gasteiger partial charge in [-0.2, -0.15) is 0 Å². The molecule has 0 bridgehead atoms. The molecule has 0 aliphatic carbocycles. The van der Waals surface area contributed by atoms with Crippen LogP contribution in [-0.4, -0.2) is 50.8 Å². The minimum atomic E-state index is -0.174. The third kappa shape index (κ3) is 2.46.